The number of methoxy groups -OCH3 is 2. The van der Waals surface area contributed by atoms with Crippen LogP contribution in [-0.2, 0) is 11.2 Å². The van der Waals surface area contributed by atoms with Gasteiger partial charge in [0.2, 0.25) is 0 Å². The molecule has 0 radical (unpaired) electrons. The van der Waals surface area contributed by atoms with Gasteiger partial charge in [-0.1, -0.05) is 12.1 Å². The summed E-state index contributed by atoms with van der Waals surface area (Å²) < 4.78 is 13.2. The maximum absolute atomic E-state index is 5.18. The summed E-state index contributed by atoms with van der Waals surface area (Å²) in [4.78, 5) is 0. The van der Waals surface area contributed by atoms with Crippen LogP contribution < -0.4 is 9.08 Å². The fourth-order valence-corrected chi connectivity index (χ4v) is 1.53. The Balaban J connectivity index is 2.65. The van der Waals surface area contributed by atoms with Crippen molar-refractivity contribution in [2.24, 2.45) is 0 Å². The minimum absolute atomic E-state index is 0.0258. The lowest BCUT2D eigenvalue weighted by Crippen LogP contribution is -2.24. The number of nitrogens with one attached hydrogen (secondary N) is 1. The van der Waals surface area contributed by atoms with E-state index >= 15 is 0 Å². The van der Waals surface area contributed by atoms with Crippen molar-refractivity contribution < 1.29 is 9.47 Å². The molecule has 0 saturated carbocycles. The van der Waals surface area contributed by atoms with Crippen molar-refractivity contribution in [3.05, 3.63) is 29.8 Å². The van der Waals surface area contributed by atoms with Crippen LogP contribution in [0.5, 0.6) is 5.75 Å². The molecule has 0 aliphatic carbocycles. The van der Waals surface area contributed by atoms with Gasteiger partial charge in [0.15, 0.2) is 0 Å². The maximum Gasteiger partial charge on any atom is 0.120 e. The van der Waals surface area contributed by atoms with Crippen LogP contribution in [0.1, 0.15) is 5.56 Å². The van der Waals surface area contributed by atoms with Crippen molar-refractivity contribution in [1.29, 1.82) is 0 Å². The molecule has 3 nitrogen and oxygen atoms in total. The molecule has 0 saturated heterocycles. The average molecular weight is 260 g/mol. The van der Waals surface area contributed by atoms with E-state index in [0.717, 1.165) is 12.2 Å². The molecule has 4 heteroatoms. The Kier molecular flexibility index (Phi) is 4.93. The zero-order valence-electron chi connectivity index (χ0n) is 8.29. The summed E-state index contributed by atoms with van der Waals surface area (Å²) in [6.45, 7) is 0. The van der Waals surface area contributed by atoms with E-state index in [1.54, 1.807) is 14.2 Å². The zero-order chi connectivity index (χ0) is 10.4. The minimum atomic E-state index is -0.0258. The van der Waals surface area contributed by atoms with E-state index in [2.05, 4.69) is 20.5 Å². The third-order valence-electron chi connectivity index (χ3n) is 1.96. The molecule has 0 aliphatic rings. The largest absolute Gasteiger partial charge is 0.497 e. The third-order valence-corrected chi connectivity index (χ3v) is 2.47. The fraction of sp³-hybridized carbons (Fsp3) is 0.400. The van der Waals surface area contributed by atoms with Gasteiger partial charge in [-0.05, 0) is 17.7 Å². The van der Waals surface area contributed by atoms with Crippen LogP contribution in [0.3, 0.4) is 0 Å². The van der Waals surface area contributed by atoms with Gasteiger partial charge in [-0.25, -0.2) is 4.34 Å². The second-order valence-electron chi connectivity index (χ2n) is 2.89. The smallest absolute Gasteiger partial charge is 0.120 e. The maximum atomic E-state index is 5.18. The number of ether oxygens (including phenoxy) is 2. The molecule has 0 bridgehead atoms. The highest BCUT2D eigenvalue weighted by Gasteiger charge is 2.06. The van der Waals surface area contributed by atoms with Crippen LogP contribution >= 0.6 is 16.1 Å². The number of halogens is 1. The first-order valence-corrected chi connectivity index (χ1v) is 5.11. The molecule has 0 aromatic heterocycles. The summed E-state index contributed by atoms with van der Waals surface area (Å²) in [5.74, 6) is 0.868. The van der Waals surface area contributed by atoms with E-state index < -0.39 is 0 Å². The van der Waals surface area contributed by atoms with Crippen molar-refractivity contribution in [2.75, 3.05) is 14.2 Å². The van der Waals surface area contributed by atoms with Crippen molar-refractivity contribution in [2.45, 2.75) is 12.6 Å². The first-order valence-electron chi connectivity index (χ1n) is 4.32. The lowest BCUT2D eigenvalue weighted by Gasteiger charge is -2.13. The number of hydrogen-bond acceptors (Lipinski definition) is 3. The first kappa shape index (κ1) is 11.5. The van der Waals surface area contributed by atoms with Gasteiger partial charge in [0.1, 0.15) is 12.0 Å². The summed E-state index contributed by atoms with van der Waals surface area (Å²) in [5.41, 5.74) is 1.17. The molecule has 78 valence electrons. The predicted octanol–water partition coefficient (Wildman–Crippen LogP) is 2.11. The van der Waals surface area contributed by atoms with E-state index in [0.29, 0.717) is 0 Å². The fourth-order valence-electron chi connectivity index (χ4n) is 1.18. The number of hydrogen-bond donors (Lipinski definition) is 1. The van der Waals surface area contributed by atoms with Crippen LogP contribution in [0.25, 0.3) is 0 Å². The second kappa shape index (κ2) is 6.01. The highest BCUT2D eigenvalue weighted by atomic mass is 79.9. The zero-order valence-corrected chi connectivity index (χ0v) is 9.87. The van der Waals surface area contributed by atoms with Crippen LogP contribution in [0, 0.1) is 0 Å². The van der Waals surface area contributed by atoms with Crippen LogP contribution in [0.4, 0.5) is 0 Å². The molecule has 1 aromatic rings. The van der Waals surface area contributed by atoms with E-state index in [-0.39, 0.29) is 6.23 Å². The monoisotopic (exact) mass is 259 g/mol. The van der Waals surface area contributed by atoms with Crippen molar-refractivity contribution in [3.63, 3.8) is 0 Å². The molecule has 1 N–H and O–H groups in total. The molecule has 1 rings (SSSR count). The van der Waals surface area contributed by atoms with E-state index in [1.165, 1.54) is 5.56 Å². The summed E-state index contributed by atoms with van der Waals surface area (Å²) in [7, 11) is 3.33. The molecular weight excluding hydrogens is 246 g/mol. The van der Waals surface area contributed by atoms with Crippen molar-refractivity contribution >= 4 is 16.1 Å². The van der Waals surface area contributed by atoms with Gasteiger partial charge in [0, 0.05) is 29.7 Å². The Hall–Kier alpha value is -0.580. The topological polar surface area (TPSA) is 30.5 Å². The number of benzene rings is 1. The molecule has 1 aromatic carbocycles. The van der Waals surface area contributed by atoms with Gasteiger partial charge >= 0.3 is 0 Å². The summed E-state index contributed by atoms with van der Waals surface area (Å²) in [6.07, 6.45) is 0.765. The molecule has 0 spiro atoms. The molecule has 0 fully saturated rings. The summed E-state index contributed by atoms with van der Waals surface area (Å²) in [5, 5.41) is 0. The van der Waals surface area contributed by atoms with Gasteiger partial charge in [-0.3, -0.25) is 0 Å². The quantitative estimate of drug-likeness (QED) is 0.649. The predicted molar refractivity (Wildman–Crippen MR) is 59.6 cm³/mol. The van der Waals surface area contributed by atoms with E-state index in [9.17, 15) is 0 Å². The second-order valence-corrected chi connectivity index (χ2v) is 3.35. The van der Waals surface area contributed by atoms with Crippen LogP contribution in [0.15, 0.2) is 24.3 Å². The molecule has 1 atom stereocenters. The standard InChI is InChI=1S/C10H14BrNO2/c1-13-9-5-3-4-8(6-9)7-10(12-11)14-2/h3-6,10,12H,7H2,1-2H3. The van der Waals surface area contributed by atoms with E-state index in [1.807, 2.05) is 24.3 Å². The van der Waals surface area contributed by atoms with Crippen molar-refractivity contribution in [3.8, 4) is 5.75 Å². The third kappa shape index (κ3) is 3.29. The first-order chi connectivity index (χ1) is 6.80. The Morgan fingerprint density at radius 1 is 1.43 bits per heavy atom. The molecule has 0 aliphatic heterocycles. The average Bonchev–Trinajstić information content (AvgIpc) is 2.26. The normalized spacial score (nSPS) is 12.5. The number of rotatable bonds is 5. The Bertz CT molecular complexity index is 277. The lowest BCUT2D eigenvalue weighted by atomic mass is 10.1. The molecule has 0 heterocycles. The van der Waals surface area contributed by atoms with Gasteiger partial charge in [0.05, 0.1) is 7.11 Å². The summed E-state index contributed by atoms with van der Waals surface area (Å²) in [6, 6.07) is 7.93. The van der Waals surface area contributed by atoms with Crippen LogP contribution in [-0.4, -0.2) is 20.4 Å². The van der Waals surface area contributed by atoms with Gasteiger partial charge in [0.25, 0.3) is 0 Å². The highest BCUT2D eigenvalue weighted by molar-refractivity contribution is 9.08. The SMILES string of the molecule is COc1cccc(CC(NBr)OC)c1. The Morgan fingerprint density at radius 2 is 2.21 bits per heavy atom. The molecule has 14 heavy (non-hydrogen) atoms. The van der Waals surface area contributed by atoms with E-state index in [4.69, 9.17) is 9.47 Å². The lowest BCUT2D eigenvalue weighted by molar-refractivity contribution is 0.0983. The van der Waals surface area contributed by atoms with Gasteiger partial charge in [-0.2, -0.15) is 0 Å². The summed E-state index contributed by atoms with van der Waals surface area (Å²) >= 11 is 3.16. The molecule has 0 amide bonds. The Morgan fingerprint density at radius 3 is 2.79 bits per heavy atom. The highest BCUT2D eigenvalue weighted by Crippen LogP contribution is 2.14. The Labute approximate surface area is 92.7 Å². The molecule has 1 unspecified atom stereocenters. The molecular formula is C10H14BrNO2. The van der Waals surface area contributed by atoms with Gasteiger partial charge in [-0.15, -0.1) is 0 Å². The minimum Gasteiger partial charge on any atom is -0.497 e. The van der Waals surface area contributed by atoms with Crippen LogP contribution in [0.2, 0.25) is 0 Å². The van der Waals surface area contributed by atoms with Crippen molar-refractivity contribution in [1.82, 2.24) is 4.34 Å². The van der Waals surface area contributed by atoms with Gasteiger partial charge < -0.3 is 9.47 Å².